The summed E-state index contributed by atoms with van der Waals surface area (Å²) in [5.74, 6) is 0.257. The first-order chi connectivity index (χ1) is 15.5. The summed E-state index contributed by atoms with van der Waals surface area (Å²) < 4.78 is 0. The fourth-order valence-corrected chi connectivity index (χ4v) is 4.92. The van der Waals surface area contributed by atoms with Crippen LogP contribution in [0.2, 0.25) is 0 Å². The number of phenolic OH excluding ortho intramolecular Hbond substituents is 2. The van der Waals surface area contributed by atoms with E-state index in [0.717, 1.165) is 73.8 Å². The van der Waals surface area contributed by atoms with Crippen LogP contribution < -0.4 is 16.7 Å². The van der Waals surface area contributed by atoms with Crippen molar-refractivity contribution >= 4 is 11.0 Å². The zero-order valence-electron chi connectivity index (χ0n) is 18.5. The minimum atomic E-state index is -0.164. The van der Waals surface area contributed by atoms with Crippen molar-refractivity contribution in [3.63, 3.8) is 0 Å². The molecule has 0 amide bonds. The molecule has 0 bridgehead atoms. The number of benzene rings is 2. The summed E-state index contributed by atoms with van der Waals surface area (Å²) in [5, 5.41) is 23.4. The van der Waals surface area contributed by atoms with Crippen LogP contribution in [0.25, 0.3) is 11.0 Å². The van der Waals surface area contributed by atoms with E-state index >= 15 is 0 Å². The highest BCUT2D eigenvalue weighted by Crippen LogP contribution is 2.42. The number of hydrogen-bond donors (Lipinski definition) is 6. The van der Waals surface area contributed by atoms with Gasteiger partial charge in [0.1, 0.15) is 0 Å². The smallest absolute Gasteiger partial charge is 0.323 e. The molecule has 172 valence electrons. The van der Waals surface area contributed by atoms with Crippen LogP contribution in [-0.4, -0.2) is 39.3 Å². The van der Waals surface area contributed by atoms with Crippen molar-refractivity contribution in [2.45, 2.75) is 63.3 Å². The summed E-state index contributed by atoms with van der Waals surface area (Å²) in [6, 6.07) is 9.68. The Hall–Kier alpha value is -2.77. The third-order valence-corrected chi connectivity index (χ3v) is 6.73. The summed E-state index contributed by atoms with van der Waals surface area (Å²) >= 11 is 0. The van der Waals surface area contributed by atoms with Crippen LogP contribution in [0.1, 0.15) is 61.1 Å². The number of H-pyrrole nitrogens is 2. The van der Waals surface area contributed by atoms with Crippen LogP contribution in [0, 0.1) is 0 Å². The number of unbranched alkanes of at least 4 members (excludes halogenated alkanes) is 3. The Morgan fingerprint density at radius 3 is 2.69 bits per heavy atom. The van der Waals surface area contributed by atoms with Gasteiger partial charge in [-0.3, -0.25) is 0 Å². The molecule has 1 aliphatic carbocycles. The molecule has 1 aliphatic rings. The van der Waals surface area contributed by atoms with Crippen LogP contribution in [0.5, 0.6) is 11.5 Å². The fourth-order valence-electron chi connectivity index (χ4n) is 4.92. The molecule has 0 saturated carbocycles. The van der Waals surface area contributed by atoms with Crippen LogP contribution >= 0.6 is 0 Å². The average molecular weight is 439 g/mol. The molecule has 0 saturated heterocycles. The van der Waals surface area contributed by atoms with Crippen molar-refractivity contribution < 1.29 is 10.2 Å². The lowest BCUT2D eigenvalue weighted by Crippen LogP contribution is -2.33. The molecule has 0 aliphatic heterocycles. The minimum absolute atomic E-state index is 0.0341. The Balaban J connectivity index is 1.12. The van der Waals surface area contributed by atoms with E-state index in [1.165, 1.54) is 18.4 Å². The first kappa shape index (κ1) is 22.4. The molecule has 2 atom stereocenters. The molecule has 0 spiro atoms. The van der Waals surface area contributed by atoms with E-state index in [0.29, 0.717) is 0 Å². The van der Waals surface area contributed by atoms with Crippen LogP contribution in [0.3, 0.4) is 0 Å². The second-order valence-corrected chi connectivity index (χ2v) is 8.97. The van der Waals surface area contributed by atoms with E-state index in [4.69, 9.17) is 5.73 Å². The second kappa shape index (κ2) is 10.2. The van der Waals surface area contributed by atoms with Gasteiger partial charge in [0.05, 0.1) is 11.0 Å². The minimum Gasteiger partial charge on any atom is -0.504 e. The molecular formula is C25H34N4O3. The standard InChI is InChI=1S/C25H34N4O3/c26-20-9-7-19-17(8-11-23(30)24(19)31)18(20)5-3-1-2-4-13-27-14-12-16-6-10-21-22(15-16)29-25(32)28-21/h6,8,10-11,15,18,20,27,30-31H,1-5,7,9,12-14,26H2,(H2,28,29,32). The van der Waals surface area contributed by atoms with Crippen molar-refractivity contribution in [3.8, 4) is 11.5 Å². The number of phenols is 2. The average Bonchev–Trinajstić information content (AvgIpc) is 3.15. The molecule has 7 heteroatoms. The Labute approximate surface area is 188 Å². The first-order valence-corrected chi connectivity index (χ1v) is 11.7. The van der Waals surface area contributed by atoms with Gasteiger partial charge in [0.25, 0.3) is 0 Å². The monoisotopic (exact) mass is 438 g/mol. The van der Waals surface area contributed by atoms with Gasteiger partial charge in [0.15, 0.2) is 11.5 Å². The molecule has 2 unspecified atom stereocenters. The van der Waals surface area contributed by atoms with E-state index in [-0.39, 0.29) is 29.1 Å². The van der Waals surface area contributed by atoms with Crippen LogP contribution in [-0.2, 0) is 12.8 Å². The zero-order valence-corrected chi connectivity index (χ0v) is 18.5. The highest BCUT2D eigenvalue weighted by Gasteiger charge is 2.29. The van der Waals surface area contributed by atoms with Crippen molar-refractivity contribution in [2.75, 3.05) is 13.1 Å². The maximum Gasteiger partial charge on any atom is 0.323 e. The lowest BCUT2D eigenvalue weighted by atomic mass is 9.76. The van der Waals surface area contributed by atoms with Crippen molar-refractivity contribution in [2.24, 2.45) is 5.73 Å². The molecule has 32 heavy (non-hydrogen) atoms. The highest BCUT2D eigenvalue weighted by atomic mass is 16.3. The molecule has 1 heterocycles. The Morgan fingerprint density at radius 1 is 1.00 bits per heavy atom. The topological polar surface area (TPSA) is 127 Å². The summed E-state index contributed by atoms with van der Waals surface area (Å²) in [6.07, 6.45) is 8.16. The second-order valence-electron chi connectivity index (χ2n) is 8.97. The lowest BCUT2D eigenvalue weighted by molar-refractivity contribution is 0.380. The number of hydrogen-bond acceptors (Lipinski definition) is 5. The zero-order chi connectivity index (χ0) is 22.5. The summed E-state index contributed by atoms with van der Waals surface area (Å²) in [7, 11) is 0. The number of aromatic hydroxyl groups is 2. The van der Waals surface area contributed by atoms with Crippen molar-refractivity contribution in [1.29, 1.82) is 0 Å². The number of fused-ring (bicyclic) bond motifs is 2. The quantitative estimate of drug-likeness (QED) is 0.214. The van der Waals surface area contributed by atoms with E-state index < -0.39 is 0 Å². The highest BCUT2D eigenvalue weighted by molar-refractivity contribution is 5.75. The van der Waals surface area contributed by atoms with E-state index in [2.05, 4.69) is 21.4 Å². The van der Waals surface area contributed by atoms with E-state index in [1.807, 2.05) is 18.2 Å². The predicted octanol–water partition coefficient (Wildman–Crippen LogP) is 3.41. The van der Waals surface area contributed by atoms with Crippen molar-refractivity contribution in [3.05, 3.63) is 57.5 Å². The lowest BCUT2D eigenvalue weighted by Gasteiger charge is -2.32. The third kappa shape index (κ3) is 5.16. The molecule has 7 N–H and O–H groups in total. The number of rotatable bonds is 10. The third-order valence-electron chi connectivity index (χ3n) is 6.73. The SMILES string of the molecule is NC1CCc2c(ccc(O)c2O)C1CCCCCCNCCc1ccc2[nH]c(=O)[nH]c2c1. The molecule has 3 aromatic rings. The van der Waals surface area contributed by atoms with Gasteiger partial charge in [-0.25, -0.2) is 4.79 Å². The Bertz CT molecular complexity index is 1100. The molecule has 2 aromatic carbocycles. The van der Waals surface area contributed by atoms with E-state index in [1.54, 1.807) is 6.07 Å². The molecule has 4 rings (SSSR count). The fraction of sp³-hybridized carbons (Fsp3) is 0.480. The number of nitrogens with two attached hydrogens (primary N) is 1. The molecule has 1 aromatic heterocycles. The molecule has 0 radical (unpaired) electrons. The van der Waals surface area contributed by atoms with Crippen molar-refractivity contribution in [1.82, 2.24) is 15.3 Å². The number of imidazole rings is 1. The van der Waals surface area contributed by atoms with Gasteiger partial charge in [0, 0.05) is 11.6 Å². The predicted molar refractivity (Wildman–Crippen MR) is 127 cm³/mol. The molecule has 0 fully saturated rings. The number of aromatic amines is 2. The van der Waals surface area contributed by atoms with Gasteiger partial charge in [-0.2, -0.15) is 0 Å². The van der Waals surface area contributed by atoms with Gasteiger partial charge in [-0.1, -0.05) is 31.4 Å². The summed E-state index contributed by atoms with van der Waals surface area (Å²) in [4.78, 5) is 16.9. The first-order valence-electron chi connectivity index (χ1n) is 11.7. The summed E-state index contributed by atoms with van der Waals surface area (Å²) in [5.41, 5.74) is 11.1. The molecule has 7 nitrogen and oxygen atoms in total. The number of nitrogens with one attached hydrogen (secondary N) is 3. The number of aromatic nitrogens is 2. The maximum atomic E-state index is 11.3. The van der Waals surface area contributed by atoms with Gasteiger partial charge >= 0.3 is 5.69 Å². The normalized spacial score (nSPS) is 18.2. The van der Waals surface area contributed by atoms with E-state index in [9.17, 15) is 15.0 Å². The summed E-state index contributed by atoms with van der Waals surface area (Å²) in [6.45, 7) is 1.92. The van der Waals surface area contributed by atoms with Gasteiger partial charge < -0.3 is 31.2 Å². The maximum absolute atomic E-state index is 11.3. The van der Waals surface area contributed by atoms with Crippen LogP contribution in [0.4, 0.5) is 0 Å². The van der Waals surface area contributed by atoms with Crippen LogP contribution in [0.15, 0.2) is 35.1 Å². The largest absolute Gasteiger partial charge is 0.504 e. The molecular weight excluding hydrogens is 404 g/mol. The Morgan fingerprint density at radius 2 is 1.81 bits per heavy atom. The van der Waals surface area contributed by atoms with Gasteiger partial charge in [-0.15, -0.1) is 0 Å². The van der Waals surface area contributed by atoms with Gasteiger partial charge in [0.2, 0.25) is 0 Å². The van der Waals surface area contributed by atoms with Gasteiger partial charge in [-0.05, 0) is 80.4 Å². The Kier molecular flexibility index (Phi) is 7.17.